The maximum absolute atomic E-state index is 6.44. The minimum absolute atomic E-state index is 0.196. The molecule has 3 aromatic heterocycles. The summed E-state index contributed by atoms with van der Waals surface area (Å²) in [5, 5.41) is 4.77. The van der Waals surface area contributed by atoms with Gasteiger partial charge in [-0.15, -0.1) is 11.3 Å². The van der Waals surface area contributed by atoms with Gasteiger partial charge in [0, 0.05) is 53.6 Å². The molecule has 1 aliphatic carbocycles. The van der Waals surface area contributed by atoms with Crippen LogP contribution in [-0.4, -0.2) is 9.97 Å². The fourth-order valence-electron chi connectivity index (χ4n) is 8.07. The fraction of sp³-hybridized carbons (Fsp3) is 0.0213. The van der Waals surface area contributed by atoms with Crippen molar-refractivity contribution in [3.8, 4) is 45.0 Å². The number of hydrogen-bond donors (Lipinski definition) is 0. The lowest BCUT2D eigenvalue weighted by atomic mass is 9.89. The second-order valence-corrected chi connectivity index (χ2v) is 14.4. The number of aromatic nitrogens is 2. The topological polar surface area (TPSA) is 38.9 Å². The van der Waals surface area contributed by atoms with E-state index < -0.39 is 0 Å². The average molecular weight is 669 g/mol. The van der Waals surface area contributed by atoms with Crippen molar-refractivity contribution in [1.82, 2.24) is 9.97 Å². The number of rotatable bonds is 4. The summed E-state index contributed by atoms with van der Waals surface area (Å²) in [6.45, 7) is 0. The van der Waals surface area contributed by atoms with Crippen LogP contribution in [0.5, 0.6) is 0 Å². The number of fused-ring (bicyclic) bond motifs is 10. The predicted molar refractivity (Wildman–Crippen MR) is 211 cm³/mol. The van der Waals surface area contributed by atoms with Crippen LogP contribution in [-0.2, 0) is 0 Å². The van der Waals surface area contributed by atoms with Crippen LogP contribution in [0.4, 0.5) is 0 Å². The van der Waals surface area contributed by atoms with Crippen molar-refractivity contribution in [2.24, 2.45) is 0 Å². The monoisotopic (exact) mass is 668 g/mol. The molecule has 0 N–H and O–H groups in total. The Bertz CT molecular complexity index is 2980. The molecule has 10 aromatic rings. The smallest absolute Gasteiger partial charge is 0.160 e. The maximum Gasteiger partial charge on any atom is 0.160 e. The van der Waals surface area contributed by atoms with E-state index in [0.29, 0.717) is 5.82 Å². The molecule has 3 nitrogen and oxygen atoms in total. The molecule has 11 rings (SSSR count). The van der Waals surface area contributed by atoms with Crippen LogP contribution in [0, 0.1) is 0 Å². The van der Waals surface area contributed by atoms with E-state index in [1.54, 1.807) is 0 Å². The highest BCUT2D eigenvalue weighted by Gasteiger charge is 2.30. The Balaban J connectivity index is 1.11. The molecule has 1 unspecified atom stereocenters. The molecule has 0 amide bonds. The lowest BCUT2D eigenvalue weighted by Crippen LogP contribution is -1.99. The summed E-state index contributed by atoms with van der Waals surface area (Å²) < 4.78 is 8.99. The molecule has 1 atom stereocenters. The van der Waals surface area contributed by atoms with Crippen molar-refractivity contribution < 1.29 is 4.42 Å². The first-order valence-electron chi connectivity index (χ1n) is 17.3. The third-order valence-electron chi connectivity index (χ3n) is 10.4. The highest BCUT2D eigenvalue weighted by molar-refractivity contribution is 7.26. The highest BCUT2D eigenvalue weighted by Crippen LogP contribution is 2.49. The molecule has 3 heterocycles. The molecule has 0 spiro atoms. The fourth-order valence-corrected chi connectivity index (χ4v) is 9.18. The van der Waals surface area contributed by atoms with E-state index in [2.05, 4.69) is 158 Å². The Morgan fingerprint density at radius 1 is 0.451 bits per heavy atom. The van der Waals surface area contributed by atoms with Gasteiger partial charge in [-0.3, -0.25) is 0 Å². The van der Waals surface area contributed by atoms with E-state index in [4.69, 9.17) is 14.4 Å². The third kappa shape index (κ3) is 4.43. The molecule has 1 aliphatic rings. The SMILES string of the molecule is c1ccc(-c2cc(-c3ccc4oc5ccc6sc7ccccc7c6c5c4c3)nc(-c3ccc4c(c3)-c3ccccc3C4c3ccccc3)n2)cc1. The van der Waals surface area contributed by atoms with Gasteiger partial charge in [0.15, 0.2) is 5.82 Å². The molecule has 0 saturated heterocycles. The molecule has 7 aromatic carbocycles. The average Bonchev–Trinajstić information content (AvgIpc) is 3.87. The normalized spacial score (nSPS) is 13.7. The van der Waals surface area contributed by atoms with Gasteiger partial charge in [-0.05, 0) is 76.3 Å². The second-order valence-electron chi connectivity index (χ2n) is 13.3. The Labute approximate surface area is 298 Å². The van der Waals surface area contributed by atoms with Crippen molar-refractivity contribution in [3.05, 3.63) is 180 Å². The van der Waals surface area contributed by atoms with Gasteiger partial charge in [0.1, 0.15) is 11.2 Å². The van der Waals surface area contributed by atoms with Crippen molar-refractivity contribution in [1.29, 1.82) is 0 Å². The zero-order valence-corrected chi connectivity index (χ0v) is 28.2. The summed E-state index contributed by atoms with van der Waals surface area (Å²) in [7, 11) is 0. The van der Waals surface area contributed by atoms with Gasteiger partial charge in [0.25, 0.3) is 0 Å². The van der Waals surface area contributed by atoms with Gasteiger partial charge in [0.2, 0.25) is 0 Å². The minimum atomic E-state index is 0.196. The molecule has 0 saturated carbocycles. The summed E-state index contributed by atoms with van der Waals surface area (Å²) in [6.07, 6.45) is 0. The quantitative estimate of drug-likeness (QED) is 0.187. The van der Waals surface area contributed by atoms with Gasteiger partial charge in [-0.25, -0.2) is 9.97 Å². The van der Waals surface area contributed by atoms with E-state index in [-0.39, 0.29) is 5.92 Å². The van der Waals surface area contributed by atoms with E-state index in [0.717, 1.165) is 50.0 Å². The Morgan fingerprint density at radius 3 is 2.04 bits per heavy atom. The van der Waals surface area contributed by atoms with Crippen molar-refractivity contribution >= 4 is 53.4 Å². The zero-order chi connectivity index (χ0) is 33.5. The highest BCUT2D eigenvalue weighted by atomic mass is 32.1. The number of thiophene rings is 1. The summed E-state index contributed by atoms with van der Waals surface area (Å²) in [5.41, 5.74) is 13.1. The first kappa shape index (κ1) is 28.5. The van der Waals surface area contributed by atoms with Gasteiger partial charge in [0.05, 0.1) is 11.4 Å². The van der Waals surface area contributed by atoms with Crippen molar-refractivity contribution in [3.63, 3.8) is 0 Å². The summed E-state index contributed by atoms with van der Waals surface area (Å²) >= 11 is 1.83. The van der Waals surface area contributed by atoms with Gasteiger partial charge < -0.3 is 4.42 Å². The number of furan rings is 1. The summed E-state index contributed by atoms with van der Waals surface area (Å²) in [6, 6.07) is 58.3. The number of benzene rings is 7. The molecule has 0 fully saturated rings. The molecule has 238 valence electrons. The van der Waals surface area contributed by atoms with E-state index in [9.17, 15) is 0 Å². The van der Waals surface area contributed by atoms with Gasteiger partial charge in [-0.2, -0.15) is 0 Å². The maximum atomic E-state index is 6.44. The number of hydrogen-bond acceptors (Lipinski definition) is 4. The van der Waals surface area contributed by atoms with Gasteiger partial charge >= 0.3 is 0 Å². The first-order valence-corrected chi connectivity index (χ1v) is 18.1. The summed E-state index contributed by atoms with van der Waals surface area (Å²) in [4.78, 5) is 10.5. The lowest BCUT2D eigenvalue weighted by molar-refractivity contribution is 0.669. The largest absolute Gasteiger partial charge is 0.456 e. The van der Waals surface area contributed by atoms with Crippen molar-refractivity contribution in [2.75, 3.05) is 0 Å². The molecular formula is C47H28N2OS. The van der Waals surface area contributed by atoms with Crippen LogP contribution >= 0.6 is 11.3 Å². The minimum Gasteiger partial charge on any atom is -0.456 e. The van der Waals surface area contributed by atoms with E-state index >= 15 is 0 Å². The molecule has 51 heavy (non-hydrogen) atoms. The van der Waals surface area contributed by atoms with Crippen LogP contribution < -0.4 is 0 Å². The molecule has 4 heteroatoms. The third-order valence-corrected chi connectivity index (χ3v) is 11.5. The molecule has 0 aliphatic heterocycles. The predicted octanol–water partition coefficient (Wildman–Crippen LogP) is 12.9. The lowest BCUT2D eigenvalue weighted by Gasteiger charge is -2.15. The van der Waals surface area contributed by atoms with E-state index in [1.807, 2.05) is 17.4 Å². The Kier molecular flexibility index (Phi) is 6.18. The Morgan fingerprint density at radius 2 is 1.16 bits per heavy atom. The van der Waals surface area contributed by atoms with Crippen LogP contribution in [0.3, 0.4) is 0 Å². The first-order chi connectivity index (χ1) is 25.3. The van der Waals surface area contributed by atoms with Gasteiger partial charge in [-0.1, -0.05) is 115 Å². The van der Waals surface area contributed by atoms with Crippen LogP contribution in [0.25, 0.3) is 87.1 Å². The van der Waals surface area contributed by atoms with E-state index in [1.165, 1.54) is 48.0 Å². The molecule has 0 bridgehead atoms. The molecule has 0 radical (unpaired) electrons. The molecular weight excluding hydrogens is 641 g/mol. The zero-order valence-electron chi connectivity index (χ0n) is 27.4. The number of nitrogens with zero attached hydrogens (tertiary/aromatic N) is 2. The van der Waals surface area contributed by atoms with Crippen LogP contribution in [0.2, 0.25) is 0 Å². The summed E-state index contributed by atoms with van der Waals surface area (Å²) in [5.74, 6) is 0.903. The standard InChI is InChI=1S/C47H28N2OS/c1-3-11-28(12-4-1)38-27-39(30-20-22-40-37(25-30)45-41(50-40)23-24-43-46(45)35-17-9-10-18-42(35)51-43)49-47(48-38)31-19-21-34-36(26-31)32-15-7-8-16-33(32)44(34)29-13-5-2-6-14-29/h1-27,44H. The van der Waals surface area contributed by atoms with Crippen LogP contribution in [0.15, 0.2) is 168 Å². The Hall–Kier alpha value is -6.36. The van der Waals surface area contributed by atoms with Crippen LogP contribution in [0.1, 0.15) is 22.6 Å². The van der Waals surface area contributed by atoms with Crippen molar-refractivity contribution in [2.45, 2.75) is 5.92 Å². The second kappa shape index (κ2) is 11.1.